The number of nitrogens with one attached hydrogen (secondary N) is 1. The van der Waals surface area contributed by atoms with Crippen LogP contribution >= 0.6 is 0 Å². The van der Waals surface area contributed by atoms with E-state index in [0.29, 0.717) is 17.1 Å². The van der Waals surface area contributed by atoms with Crippen LogP contribution in [0.1, 0.15) is 30.6 Å². The number of sulfone groups is 1. The van der Waals surface area contributed by atoms with Crippen molar-refractivity contribution in [2.45, 2.75) is 38.6 Å². The van der Waals surface area contributed by atoms with Gasteiger partial charge in [0.05, 0.1) is 42.8 Å². The van der Waals surface area contributed by atoms with Crippen molar-refractivity contribution in [3.8, 4) is 11.5 Å². The van der Waals surface area contributed by atoms with Crippen molar-refractivity contribution in [3.05, 3.63) is 23.8 Å². The number of Topliss-reactive ketones (excluding diaryl/α,β-unsaturated/α-hetero) is 1. The summed E-state index contributed by atoms with van der Waals surface area (Å²) in [7, 11) is -1.17. The standard InChI is InChI=1S/C19H26N2O7S/c1-12(19(23)14-4-5-16-17(8-14)28-11-27-16)21(3)13(2)20-18(22)6-7-26-15-9-29(24,25)10-15/h4-5,8,12-13,15H,6-7,9-11H2,1-3H3,(H,20,22). The number of hydrogen-bond donors (Lipinski definition) is 1. The monoisotopic (exact) mass is 426 g/mol. The molecule has 2 unspecified atom stereocenters. The summed E-state index contributed by atoms with van der Waals surface area (Å²) >= 11 is 0. The van der Waals surface area contributed by atoms with Crippen LogP contribution in [0.2, 0.25) is 0 Å². The molecule has 1 fully saturated rings. The molecule has 1 N–H and O–H groups in total. The van der Waals surface area contributed by atoms with Crippen molar-refractivity contribution >= 4 is 21.5 Å². The minimum absolute atomic E-state index is 0.0211. The van der Waals surface area contributed by atoms with Crippen molar-refractivity contribution in [2.75, 3.05) is 32.0 Å². The molecule has 0 saturated carbocycles. The summed E-state index contributed by atoms with van der Waals surface area (Å²) in [5.74, 6) is 0.882. The van der Waals surface area contributed by atoms with Crippen LogP contribution in [0.15, 0.2) is 18.2 Å². The van der Waals surface area contributed by atoms with Crippen LogP contribution in [-0.4, -0.2) is 75.3 Å². The first kappa shape index (κ1) is 21.5. The molecule has 0 aliphatic carbocycles. The van der Waals surface area contributed by atoms with E-state index in [1.54, 1.807) is 44.0 Å². The Kier molecular flexibility index (Phi) is 6.45. The molecule has 2 aliphatic rings. The van der Waals surface area contributed by atoms with Gasteiger partial charge < -0.3 is 19.5 Å². The molecule has 2 aliphatic heterocycles. The fourth-order valence-corrected chi connectivity index (χ4v) is 4.38. The maximum Gasteiger partial charge on any atom is 0.231 e. The predicted molar refractivity (Wildman–Crippen MR) is 105 cm³/mol. The summed E-state index contributed by atoms with van der Waals surface area (Å²) < 4.78 is 38.1. The summed E-state index contributed by atoms with van der Waals surface area (Å²) in [4.78, 5) is 26.7. The third-order valence-electron chi connectivity index (χ3n) is 5.19. The number of rotatable bonds is 9. The van der Waals surface area contributed by atoms with Crippen molar-refractivity contribution in [1.29, 1.82) is 0 Å². The SMILES string of the molecule is CC(NC(=O)CCOC1CS(=O)(=O)C1)N(C)C(C)C(=O)c1ccc2c(c1)OCO2. The molecule has 2 atom stereocenters. The Labute approximate surface area is 170 Å². The largest absolute Gasteiger partial charge is 0.454 e. The lowest BCUT2D eigenvalue weighted by Crippen LogP contribution is -2.50. The van der Waals surface area contributed by atoms with Gasteiger partial charge in [-0.2, -0.15) is 0 Å². The van der Waals surface area contributed by atoms with E-state index >= 15 is 0 Å². The first-order valence-corrected chi connectivity index (χ1v) is 11.3. The topological polar surface area (TPSA) is 111 Å². The molecule has 0 aromatic heterocycles. The lowest BCUT2D eigenvalue weighted by molar-refractivity contribution is -0.124. The van der Waals surface area contributed by atoms with E-state index in [0.717, 1.165) is 0 Å². The van der Waals surface area contributed by atoms with Crippen LogP contribution in [0.5, 0.6) is 11.5 Å². The lowest BCUT2D eigenvalue weighted by atomic mass is 10.0. The number of fused-ring (bicyclic) bond motifs is 1. The molecule has 0 spiro atoms. The van der Waals surface area contributed by atoms with Crippen LogP contribution in [0.4, 0.5) is 0 Å². The van der Waals surface area contributed by atoms with Crippen molar-refractivity contribution in [1.82, 2.24) is 10.2 Å². The third-order valence-corrected chi connectivity index (χ3v) is 6.95. The van der Waals surface area contributed by atoms with E-state index < -0.39 is 15.9 Å². The van der Waals surface area contributed by atoms with Crippen molar-refractivity contribution < 1.29 is 32.2 Å². The molecule has 160 valence electrons. The van der Waals surface area contributed by atoms with Crippen LogP contribution in [0, 0.1) is 0 Å². The number of likely N-dealkylation sites (N-methyl/N-ethyl adjacent to an activating group) is 1. The van der Waals surface area contributed by atoms with Gasteiger partial charge in [-0.25, -0.2) is 8.42 Å². The van der Waals surface area contributed by atoms with Crippen LogP contribution in [0.25, 0.3) is 0 Å². The number of benzene rings is 1. The Bertz CT molecular complexity index is 875. The first-order valence-electron chi connectivity index (χ1n) is 9.43. The number of hydrogen-bond acceptors (Lipinski definition) is 8. The number of ketones is 1. The van der Waals surface area contributed by atoms with E-state index in [-0.39, 0.29) is 55.3 Å². The quantitative estimate of drug-likeness (QED) is 0.451. The number of ether oxygens (including phenoxy) is 3. The summed E-state index contributed by atoms with van der Waals surface area (Å²) in [5.41, 5.74) is 0.510. The normalized spacial score (nSPS) is 19.4. The highest BCUT2D eigenvalue weighted by Gasteiger charge is 2.34. The van der Waals surface area contributed by atoms with E-state index in [1.807, 2.05) is 0 Å². The maximum absolute atomic E-state index is 12.8. The smallest absolute Gasteiger partial charge is 0.231 e. The van der Waals surface area contributed by atoms with E-state index in [2.05, 4.69) is 5.32 Å². The fraction of sp³-hybridized carbons (Fsp3) is 0.579. The molecule has 2 heterocycles. The first-order chi connectivity index (χ1) is 13.7. The highest BCUT2D eigenvalue weighted by molar-refractivity contribution is 7.92. The Morgan fingerprint density at radius 3 is 2.62 bits per heavy atom. The van der Waals surface area contributed by atoms with Gasteiger partial charge >= 0.3 is 0 Å². The van der Waals surface area contributed by atoms with Gasteiger partial charge in [0.25, 0.3) is 0 Å². The summed E-state index contributed by atoms with van der Waals surface area (Å²) in [5, 5.41) is 2.83. The molecule has 0 bridgehead atoms. The van der Waals surface area contributed by atoms with E-state index in [1.165, 1.54) is 0 Å². The fourth-order valence-electron chi connectivity index (χ4n) is 3.15. The lowest BCUT2D eigenvalue weighted by Gasteiger charge is -2.30. The maximum atomic E-state index is 12.8. The number of carbonyl (C=O) groups excluding carboxylic acids is 2. The molecular formula is C19H26N2O7S. The zero-order valence-electron chi connectivity index (χ0n) is 16.7. The van der Waals surface area contributed by atoms with Crippen molar-refractivity contribution in [3.63, 3.8) is 0 Å². The highest BCUT2D eigenvalue weighted by atomic mass is 32.2. The van der Waals surface area contributed by atoms with Crippen LogP contribution in [0.3, 0.4) is 0 Å². The molecule has 9 nitrogen and oxygen atoms in total. The van der Waals surface area contributed by atoms with Gasteiger partial charge in [0.15, 0.2) is 27.1 Å². The predicted octanol–water partition coefficient (Wildman–Crippen LogP) is 0.584. The Balaban J connectivity index is 1.45. The summed E-state index contributed by atoms with van der Waals surface area (Å²) in [6.07, 6.45) is -0.564. The minimum Gasteiger partial charge on any atom is -0.454 e. The average molecular weight is 426 g/mol. The molecule has 10 heteroatoms. The van der Waals surface area contributed by atoms with E-state index in [4.69, 9.17) is 14.2 Å². The highest BCUT2D eigenvalue weighted by Crippen LogP contribution is 2.33. The van der Waals surface area contributed by atoms with E-state index in [9.17, 15) is 18.0 Å². The third kappa shape index (κ3) is 5.26. The van der Waals surface area contributed by atoms with Gasteiger partial charge in [-0.05, 0) is 39.1 Å². The molecule has 1 amide bonds. The molecule has 1 aromatic carbocycles. The van der Waals surface area contributed by atoms with Gasteiger partial charge in [0, 0.05) is 5.56 Å². The molecule has 0 radical (unpaired) electrons. The second kappa shape index (κ2) is 8.68. The van der Waals surface area contributed by atoms with Gasteiger partial charge in [-0.1, -0.05) is 0 Å². The number of amides is 1. The molecule has 3 rings (SSSR count). The minimum atomic E-state index is -2.93. The molecule has 1 saturated heterocycles. The number of carbonyl (C=O) groups is 2. The zero-order valence-corrected chi connectivity index (χ0v) is 17.5. The molecular weight excluding hydrogens is 400 g/mol. The second-order valence-corrected chi connectivity index (χ2v) is 9.49. The van der Waals surface area contributed by atoms with Crippen LogP contribution in [-0.2, 0) is 19.4 Å². The summed E-state index contributed by atoms with van der Waals surface area (Å²) in [6, 6.07) is 4.60. The number of nitrogens with zero attached hydrogens (tertiary/aromatic N) is 1. The van der Waals surface area contributed by atoms with Gasteiger partial charge in [0.1, 0.15) is 0 Å². The second-order valence-electron chi connectivity index (χ2n) is 7.34. The Morgan fingerprint density at radius 1 is 1.24 bits per heavy atom. The van der Waals surface area contributed by atoms with Crippen molar-refractivity contribution in [2.24, 2.45) is 0 Å². The van der Waals surface area contributed by atoms with Gasteiger partial charge in [-0.3, -0.25) is 14.5 Å². The average Bonchev–Trinajstić information content (AvgIpc) is 3.12. The molecule has 29 heavy (non-hydrogen) atoms. The zero-order chi connectivity index (χ0) is 21.2. The Morgan fingerprint density at radius 2 is 1.93 bits per heavy atom. The van der Waals surface area contributed by atoms with Gasteiger partial charge in [-0.15, -0.1) is 0 Å². The van der Waals surface area contributed by atoms with Gasteiger partial charge in [0.2, 0.25) is 12.7 Å². The Hall–Kier alpha value is -2.17. The van der Waals surface area contributed by atoms with Crippen LogP contribution < -0.4 is 14.8 Å². The molecule has 1 aromatic rings. The summed E-state index contributed by atoms with van der Waals surface area (Å²) in [6.45, 7) is 3.87.